The molecular formula is C43H55F3N4O8S3. The van der Waals surface area contributed by atoms with Gasteiger partial charge in [0, 0.05) is 48.7 Å². The van der Waals surface area contributed by atoms with Gasteiger partial charge in [0.05, 0.1) is 12.7 Å². The summed E-state index contributed by atoms with van der Waals surface area (Å²) in [6.07, 6.45) is 2.70. The zero-order valence-electron chi connectivity index (χ0n) is 35.9. The van der Waals surface area contributed by atoms with Crippen LogP contribution in [0.15, 0.2) is 58.6 Å². The summed E-state index contributed by atoms with van der Waals surface area (Å²) in [5, 5.41) is 9.34. The predicted molar refractivity (Wildman–Crippen MR) is 232 cm³/mol. The quantitative estimate of drug-likeness (QED) is 0.0581. The summed E-state index contributed by atoms with van der Waals surface area (Å²) >= 11 is 3.35. The van der Waals surface area contributed by atoms with E-state index in [9.17, 15) is 36.0 Å². The van der Waals surface area contributed by atoms with Crippen molar-refractivity contribution in [1.82, 2.24) is 20.6 Å². The number of urea groups is 1. The van der Waals surface area contributed by atoms with Crippen molar-refractivity contribution in [2.24, 2.45) is 0 Å². The van der Waals surface area contributed by atoms with Gasteiger partial charge in [-0.05, 0) is 161 Å². The number of ether oxygens (including phenoxy) is 1. The van der Waals surface area contributed by atoms with Crippen LogP contribution in [0.2, 0.25) is 0 Å². The van der Waals surface area contributed by atoms with Crippen LogP contribution in [0.1, 0.15) is 95.5 Å². The number of aryl methyl sites for hydroxylation is 4. The summed E-state index contributed by atoms with van der Waals surface area (Å²) < 4.78 is 68.3. The molecule has 0 saturated carbocycles. The lowest BCUT2D eigenvalue weighted by molar-refractivity contribution is -0.0500. The Hall–Kier alpha value is -4.49. The van der Waals surface area contributed by atoms with E-state index in [0.29, 0.717) is 19.1 Å². The molecule has 5 rings (SSSR count). The lowest BCUT2D eigenvalue weighted by Crippen LogP contribution is -2.51. The van der Waals surface area contributed by atoms with E-state index in [1.807, 2.05) is 30.2 Å². The first-order valence-electron chi connectivity index (χ1n) is 19.6. The molecule has 0 bridgehead atoms. The molecule has 1 aliphatic rings. The Labute approximate surface area is 364 Å². The van der Waals surface area contributed by atoms with Crippen molar-refractivity contribution in [3.63, 3.8) is 0 Å². The fourth-order valence-electron chi connectivity index (χ4n) is 7.10. The number of nitrogens with one attached hydrogen (secondary N) is 2. The largest absolute Gasteiger partial charge is 0.534 e. The number of hydroxylamine groups is 1. The fraction of sp³-hybridized carbons (Fsp3) is 0.465. The van der Waals surface area contributed by atoms with E-state index in [-0.39, 0.29) is 34.7 Å². The number of piperidine rings is 1. The maximum Gasteiger partial charge on any atom is 0.534 e. The van der Waals surface area contributed by atoms with Gasteiger partial charge in [0.2, 0.25) is 0 Å². The molecule has 2 N–H and O–H groups in total. The van der Waals surface area contributed by atoms with Crippen molar-refractivity contribution in [3.05, 3.63) is 97.5 Å². The molecule has 0 unspecified atom stereocenters. The Morgan fingerprint density at radius 2 is 1.54 bits per heavy atom. The first-order valence-corrected chi connectivity index (χ1v) is 22.9. The SMILES string of the molecule is CONC(=O)N(Cc1ccsc1)C1CCN([C@H](C)CCNC(=O)c2c(C)cc(-c3cccs3)cc2C)CC1.Cc1cc(OS(=O)(=O)C(F)(F)F)cc(C)c1C(=O)OC(C)(C)C. The molecule has 0 aliphatic carbocycles. The number of hydrogen-bond acceptors (Lipinski definition) is 11. The van der Waals surface area contributed by atoms with Gasteiger partial charge in [0.25, 0.3) is 5.91 Å². The van der Waals surface area contributed by atoms with Crippen molar-refractivity contribution >= 4 is 50.7 Å². The van der Waals surface area contributed by atoms with Crippen LogP contribution in [-0.4, -0.2) is 86.1 Å². The van der Waals surface area contributed by atoms with E-state index >= 15 is 0 Å². The topological polar surface area (TPSA) is 144 Å². The number of thiophene rings is 2. The van der Waals surface area contributed by atoms with Crippen molar-refractivity contribution in [2.75, 3.05) is 26.7 Å². The van der Waals surface area contributed by atoms with E-state index < -0.39 is 32.9 Å². The number of amides is 3. The van der Waals surface area contributed by atoms with Gasteiger partial charge in [-0.3, -0.25) is 9.63 Å². The van der Waals surface area contributed by atoms with Crippen LogP contribution in [-0.2, 0) is 26.2 Å². The van der Waals surface area contributed by atoms with Crippen LogP contribution in [0.5, 0.6) is 5.75 Å². The number of rotatable bonds is 13. The van der Waals surface area contributed by atoms with Crippen molar-refractivity contribution in [2.45, 2.75) is 104 Å². The molecule has 1 atom stereocenters. The van der Waals surface area contributed by atoms with E-state index in [1.165, 1.54) is 25.8 Å². The highest BCUT2D eigenvalue weighted by molar-refractivity contribution is 7.88. The molecule has 2 aromatic carbocycles. The molecule has 2 aromatic heterocycles. The van der Waals surface area contributed by atoms with Crippen molar-refractivity contribution in [3.8, 4) is 16.2 Å². The second-order valence-electron chi connectivity index (χ2n) is 15.9. The number of carbonyl (C=O) groups is 3. The Balaban J connectivity index is 0.000000306. The van der Waals surface area contributed by atoms with Gasteiger partial charge in [0.15, 0.2) is 0 Å². The number of alkyl halides is 3. The molecule has 1 saturated heterocycles. The molecule has 0 radical (unpaired) electrons. The second kappa shape index (κ2) is 21.1. The van der Waals surface area contributed by atoms with Crippen molar-refractivity contribution < 1.29 is 49.7 Å². The Bertz CT molecular complexity index is 2170. The third-order valence-electron chi connectivity index (χ3n) is 9.96. The van der Waals surface area contributed by atoms with Gasteiger partial charge in [-0.2, -0.15) is 32.9 Å². The zero-order valence-corrected chi connectivity index (χ0v) is 38.3. The summed E-state index contributed by atoms with van der Waals surface area (Å²) in [6, 6.07) is 12.8. The van der Waals surface area contributed by atoms with E-state index in [1.54, 1.807) is 43.4 Å². The molecule has 12 nitrogen and oxygen atoms in total. The minimum atomic E-state index is -5.76. The molecule has 1 aliphatic heterocycles. The normalized spacial score (nSPS) is 14.4. The lowest BCUT2D eigenvalue weighted by atomic mass is 9.98. The zero-order chi connectivity index (χ0) is 45.3. The van der Waals surface area contributed by atoms with Crippen LogP contribution in [0.25, 0.3) is 10.4 Å². The van der Waals surface area contributed by atoms with Crippen LogP contribution >= 0.6 is 22.7 Å². The molecule has 18 heteroatoms. The van der Waals surface area contributed by atoms with Gasteiger partial charge in [-0.25, -0.2) is 15.1 Å². The van der Waals surface area contributed by atoms with E-state index in [4.69, 9.17) is 9.57 Å². The minimum Gasteiger partial charge on any atom is -0.456 e. The molecule has 1 fully saturated rings. The molecule has 4 aromatic rings. The highest BCUT2D eigenvalue weighted by atomic mass is 32.2. The summed E-state index contributed by atoms with van der Waals surface area (Å²) in [6.45, 7) is 17.2. The number of esters is 1. The number of likely N-dealkylation sites (tertiary alicyclic amines) is 1. The Morgan fingerprint density at radius 3 is 2.05 bits per heavy atom. The van der Waals surface area contributed by atoms with Gasteiger partial charge in [0.1, 0.15) is 11.4 Å². The first-order chi connectivity index (χ1) is 28.5. The van der Waals surface area contributed by atoms with E-state index in [2.05, 4.69) is 61.8 Å². The number of hydrogen-bond donors (Lipinski definition) is 2. The van der Waals surface area contributed by atoms with Gasteiger partial charge in [-0.1, -0.05) is 6.07 Å². The average Bonchev–Trinajstić information content (AvgIpc) is 3.88. The summed E-state index contributed by atoms with van der Waals surface area (Å²) in [5.41, 5.74) is 1.95. The van der Waals surface area contributed by atoms with Crippen molar-refractivity contribution in [1.29, 1.82) is 0 Å². The highest BCUT2D eigenvalue weighted by Crippen LogP contribution is 2.31. The standard InChI is InChI=1S/C29H38N4O3S2.C14H17F3O5S/c1-20-16-24(26-6-5-14-38-26)17-21(2)27(20)28(34)30-11-7-22(3)32-12-8-25(9-13-32)33(29(35)31-36-4)18-23-10-15-37-19-23;1-8-6-10(22-23(19,20)14(15,16)17)7-9(2)11(8)12(18)21-13(3,4)5/h5-6,10,14-17,19,22,25H,7-9,11-13,18H2,1-4H3,(H,30,34)(H,31,35);6-7H,1-5H3/t22-;/m1./s1. The second-order valence-corrected chi connectivity index (χ2v) is 19.2. The van der Waals surface area contributed by atoms with Crippen LogP contribution in [0.4, 0.5) is 18.0 Å². The number of halogens is 3. The third-order valence-corrected chi connectivity index (χ3v) is 12.6. The van der Waals surface area contributed by atoms with Crippen LogP contribution in [0.3, 0.4) is 0 Å². The third kappa shape index (κ3) is 13.8. The van der Waals surface area contributed by atoms with Gasteiger partial charge < -0.3 is 24.0 Å². The Kier molecular flexibility index (Phi) is 17.0. The number of nitrogens with zero attached hydrogens (tertiary/aromatic N) is 2. The molecular weight excluding hydrogens is 854 g/mol. The first kappa shape index (κ1) is 49.2. The summed E-state index contributed by atoms with van der Waals surface area (Å²) in [5.74, 6) is -1.18. The number of benzene rings is 2. The summed E-state index contributed by atoms with van der Waals surface area (Å²) in [4.78, 5) is 48.3. The predicted octanol–water partition coefficient (Wildman–Crippen LogP) is 9.33. The average molecular weight is 909 g/mol. The smallest absolute Gasteiger partial charge is 0.456 e. The maximum atomic E-state index is 13.0. The molecule has 3 amide bonds. The lowest BCUT2D eigenvalue weighted by Gasteiger charge is -2.40. The molecule has 3 heterocycles. The fourth-order valence-corrected chi connectivity index (χ4v) is 8.92. The highest BCUT2D eigenvalue weighted by Gasteiger charge is 2.48. The van der Waals surface area contributed by atoms with E-state index in [0.717, 1.165) is 72.3 Å². The Morgan fingerprint density at radius 1 is 0.934 bits per heavy atom. The van der Waals surface area contributed by atoms with Gasteiger partial charge in [-0.15, -0.1) is 11.3 Å². The van der Waals surface area contributed by atoms with Crippen LogP contribution in [0, 0.1) is 27.7 Å². The van der Waals surface area contributed by atoms with Gasteiger partial charge >= 0.3 is 27.6 Å². The number of carbonyl (C=O) groups excluding carboxylic acids is 3. The molecule has 0 spiro atoms. The monoisotopic (exact) mass is 908 g/mol. The summed E-state index contributed by atoms with van der Waals surface area (Å²) in [7, 11) is -4.30. The molecule has 334 valence electrons. The minimum absolute atomic E-state index is 0.00290. The molecule has 61 heavy (non-hydrogen) atoms. The maximum absolute atomic E-state index is 13.0. The van der Waals surface area contributed by atoms with Crippen LogP contribution < -0.4 is 15.0 Å².